The highest BCUT2D eigenvalue weighted by atomic mass is 16.3. The molecule has 0 unspecified atom stereocenters. The Morgan fingerprint density at radius 1 is 1.38 bits per heavy atom. The van der Waals surface area contributed by atoms with Gasteiger partial charge in [-0.05, 0) is 35.1 Å². The van der Waals surface area contributed by atoms with Crippen molar-refractivity contribution in [3.05, 3.63) is 23.3 Å². The van der Waals surface area contributed by atoms with E-state index >= 15 is 0 Å². The molecule has 0 amide bonds. The molecule has 3 N–H and O–H groups in total. The number of nitrogens with two attached hydrogens (primary N) is 1. The Morgan fingerprint density at radius 3 is 2.56 bits per heavy atom. The summed E-state index contributed by atoms with van der Waals surface area (Å²) in [6.45, 7) is 4.17. The van der Waals surface area contributed by atoms with Gasteiger partial charge in [0.1, 0.15) is 0 Å². The molecule has 1 aliphatic rings. The third-order valence-electron chi connectivity index (χ3n) is 3.45. The van der Waals surface area contributed by atoms with Gasteiger partial charge in [-0.15, -0.1) is 0 Å². The molecule has 1 aromatic carbocycles. The number of aliphatic hydroxyl groups excluding tert-OH is 1. The molecule has 3 nitrogen and oxygen atoms in total. The van der Waals surface area contributed by atoms with Gasteiger partial charge in [-0.25, -0.2) is 0 Å². The van der Waals surface area contributed by atoms with Crippen molar-refractivity contribution in [2.45, 2.75) is 26.4 Å². The molecule has 0 aliphatic heterocycles. The molecule has 2 rings (SSSR count). The van der Waals surface area contributed by atoms with Crippen LogP contribution >= 0.6 is 0 Å². The largest absolute Gasteiger partial charge is 0.397 e. The van der Waals surface area contributed by atoms with Gasteiger partial charge in [-0.1, -0.05) is 13.8 Å². The minimum Gasteiger partial charge on any atom is -0.397 e. The summed E-state index contributed by atoms with van der Waals surface area (Å²) in [5.41, 5.74) is 9.90. The van der Waals surface area contributed by atoms with Gasteiger partial charge in [0.05, 0.1) is 17.5 Å². The minimum atomic E-state index is -0.387. The van der Waals surface area contributed by atoms with E-state index in [1.807, 2.05) is 31.1 Å². The molecular weight excluding hydrogens is 200 g/mol. The number of nitrogens with zero attached hydrogens (tertiary/aromatic N) is 1. The van der Waals surface area contributed by atoms with Crippen LogP contribution < -0.4 is 10.6 Å². The van der Waals surface area contributed by atoms with Crippen molar-refractivity contribution >= 4 is 11.4 Å². The van der Waals surface area contributed by atoms with Crippen molar-refractivity contribution in [3.8, 4) is 0 Å². The van der Waals surface area contributed by atoms with Crippen molar-refractivity contribution in [2.24, 2.45) is 5.41 Å². The van der Waals surface area contributed by atoms with Gasteiger partial charge >= 0.3 is 0 Å². The molecule has 1 aromatic rings. The lowest BCUT2D eigenvalue weighted by Crippen LogP contribution is -2.17. The lowest BCUT2D eigenvalue weighted by Gasteiger charge is -2.22. The fraction of sp³-hybridized carbons (Fsp3) is 0.538. The summed E-state index contributed by atoms with van der Waals surface area (Å²) in [6, 6.07) is 4.02. The summed E-state index contributed by atoms with van der Waals surface area (Å²) < 4.78 is 0. The Hall–Kier alpha value is -1.22. The number of anilines is 2. The molecule has 0 saturated heterocycles. The predicted molar refractivity (Wildman–Crippen MR) is 67.6 cm³/mol. The Kier molecular flexibility index (Phi) is 2.39. The van der Waals surface area contributed by atoms with Crippen molar-refractivity contribution in [1.29, 1.82) is 0 Å². The highest BCUT2D eigenvalue weighted by Crippen LogP contribution is 2.47. The van der Waals surface area contributed by atoms with Gasteiger partial charge in [0.15, 0.2) is 0 Å². The molecule has 3 heteroatoms. The van der Waals surface area contributed by atoms with E-state index in [0.29, 0.717) is 0 Å². The van der Waals surface area contributed by atoms with Crippen LogP contribution in [0.15, 0.2) is 12.1 Å². The Bertz CT molecular complexity index is 424. The van der Waals surface area contributed by atoms with E-state index in [0.717, 1.165) is 23.4 Å². The predicted octanol–water partition coefficient (Wildman–Crippen LogP) is 1.95. The minimum absolute atomic E-state index is 0.0836. The normalized spacial score (nSPS) is 21.9. The highest BCUT2D eigenvalue weighted by molar-refractivity contribution is 5.70. The number of hydrogen-bond donors (Lipinski definition) is 2. The summed E-state index contributed by atoms with van der Waals surface area (Å²) >= 11 is 0. The van der Waals surface area contributed by atoms with E-state index in [9.17, 15) is 5.11 Å². The van der Waals surface area contributed by atoms with Crippen LogP contribution in [0.25, 0.3) is 0 Å². The third-order valence-corrected chi connectivity index (χ3v) is 3.45. The summed E-state index contributed by atoms with van der Waals surface area (Å²) in [5.74, 6) is 0. The summed E-state index contributed by atoms with van der Waals surface area (Å²) in [7, 11) is 3.93. The molecule has 0 radical (unpaired) electrons. The Labute approximate surface area is 96.9 Å². The number of nitrogen functional groups attached to an aromatic ring is 1. The van der Waals surface area contributed by atoms with Crippen LogP contribution in [0, 0.1) is 5.41 Å². The van der Waals surface area contributed by atoms with Crippen LogP contribution in [-0.4, -0.2) is 19.2 Å². The van der Waals surface area contributed by atoms with Crippen LogP contribution in [0.1, 0.15) is 31.1 Å². The van der Waals surface area contributed by atoms with Gasteiger partial charge < -0.3 is 15.7 Å². The zero-order chi connectivity index (χ0) is 12.1. The first-order valence-electron chi connectivity index (χ1n) is 5.60. The lowest BCUT2D eigenvalue weighted by molar-refractivity contribution is 0.0666. The van der Waals surface area contributed by atoms with Crippen LogP contribution in [-0.2, 0) is 6.42 Å². The molecule has 1 atom stereocenters. The van der Waals surface area contributed by atoms with Crippen molar-refractivity contribution < 1.29 is 5.11 Å². The smallest absolute Gasteiger partial charge is 0.0847 e. The van der Waals surface area contributed by atoms with Crippen LogP contribution in [0.2, 0.25) is 0 Å². The summed E-state index contributed by atoms with van der Waals surface area (Å²) in [6.07, 6.45) is 0.503. The molecule has 0 spiro atoms. The van der Waals surface area contributed by atoms with Crippen LogP contribution in [0.4, 0.5) is 11.4 Å². The molecule has 0 heterocycles. The third kappa shape index (κ3) is 1.55. The average molecular weight is 220 g/mol. The second-order valence-corrected chi connectivity index (χ2v) is 5.57. The highest BCUT2D eigenvalue weighted by Gasteiger charge is 2.38. The Morgan fingerprint density at radius 2 is 2.00 bits per heavy atom. The lowest BCUT2D eigenvalue weighted by atomic mass is 9.87. The zero-order valence-electron chi connectivity index (χ0n) is 10.4. The first kappa shape index (κ1) is 11.3. The maximum Gasteiger partial charge on any atom is 0.0847 e. The van der Waals surface area contributed by atoms with E-state index in [2.05, 4.69) is 13.8 Å². The second-order valence-electron chi connectivity index (χ2n) is 5.57. The summed E-state index contributed by atoms with van der Waals surface area (Å²) in [4.78, 5) is 1.98. The molecule has 0 aromatic heterocycles. The van der Waals surface area contributed by atoms with E-state index in [4.69, 9.17) is 5.73 Å². The van der Waals surface area contributed by atoms with Gasteiger partial charge in [0.2, 0.25) is 0 Å². The maximum absolute atomic E-state index is 10.2. The van der Waals surface area contributed by atoms with Gasteiger partial charge in [0.25, 0.3) is 0 Å². The van der Waals surface area contributed by atoms with E-state index < -0.39 is 0 Å². The SMILES string of the molecule is CN(C)c1cc2c(cc1N)CC(C)(C)[C@@H]2O. The van der Waals surface area contributed by atoms with Gasteiger partial charge in [0, 0.05) is 14.1 Å². The number of fused-ring (bicyclic) bond motifs is 1. The number of benzene rings is 1. The fourth-order valence-corrected chi connectivity index (χ4v) is 2.47. The molecule has 0 saturated carbocycles. The van der Waals surface area contributed by atoms with Crippen LogP contribution in [0.5, 0.6) is 0 Å². The van der Waals surface area contributed by atoms with E-state index in [1.165, 1.54) is 5.56 Å². The zero-order valence-corrected chi connectivity index (χ0v) is 10.4. The second kappa shape index (κ2) is 3.39. The number of rotatable bonds is 1. The average Bonchev–Trinajstić information content (AvgIpc) is 2.36. The molecule has 16 heavy (non-hydrogen) atoms. The monoisotopic (exact) mass is 220 g/mol. The number of aliphatic hydroxyl groups is 1. The first-order chi connectivity index (χ1) is 7.33. The molecule has 0 bridgehead atoms. The van der Waals surface area contributed by atoms with Crippen LogP contribution in [0.3, 0.4) is 0 Å². The van der Waals surface area contributed by atoms with E-state index in [1.54, 1.807) is 0 Å². The number of hydrogen-bond acceptors (Lipinski definition) is 3. The molecular formula is C13H20N2O. The van der Waals surface area contributed by atoms with Crippen molar-refractivity contribution in [3.63, 3.8) is 0 Å². The van der Waals surface area contributed by atoms with Crippen molar-refractivity contribution in [1.82, 2.24) is 0 Å². The van der Waals surface area contributed by atoms with Crippen molar-refractivity contribution in [2.75, 3.05) is 24.7 Å². The summed E-state index contributed by atoms with van der Waals surface area (Å²) in [5, 5.41) is 10.2. The van der Waals surface area contributed by atoms with Gasteiger partial charge in [-0.3, -0.25) is 0 Å². The van der Waals surface area contributed by atoms with E-state index in [-0.39, 0.29) is 11.5 Å². The Balaban J connectivity index is 2.53. The topological polar surface area (TPSA) is 49.5 Å². The standard InChI is InChI=1S/C13H20N2O/c1-13(2)7-8-5-10(14)11(15(3)4)6-9(8)12(13)16/h5-6,12,16H,7,14H2,1-4H3/t12-/m1/s1. The molecule has 88 valence electrons. The fourth-order valence-electron chi connectivity index (χ4n) is 2.47. The van der Waals surface area contributed by atoms with Gasteiger partial charge in [-0.2, -0.15) is 0 Å². The quantitative estimate of drug-likeness (QED) is 0.711. The molecule has 1 aliphatic carbocycles. The first-order valence-corrected chi connectivity index (χ1v) is 5.60. The molecule has 0 fully saturated rings. The maximum atomic E-state index is 10.2.